The molecule has 1 aliphatic heterocycles. The highest BCUT2D eigenvalue weighted by Gasteiger charge is 2.37. The van der Waals surface area contributed by atoms with E-state index in [0.717, 1.165) is 28.5 Å². The molecule has 4 rings (SSSR count). The van der Waals surface area contributed by atoms with Crippen molar-refractivity contribution in [3.8, 4) is 0 Å². The maximum Gasteiger partial charge on any atom is 0.204 e. The molecule has 0 radical (unpaired) electrons. The highest BCUT2D eigenvalue weighted by atomic mass is 127. The Morgan fingerprint density at radius 3 is 3.00 bits per heavy atom. The first kappa shape index (κ1) is 15.4. The van der Waals surface area contributed by atoms with Gasteiger partial charge in [0.1, 0.15) is 0 Å². The van der Waals surface area contributed by atoms with E-state index in [4.69, 9.17) is 0 Å². The summed E-state index contributed by atoms with van der Waals surface area (Å²) in [4.78, 5) is 2.19. The topological polar surface area (TPSA) is 28.4 Å². The van der Waals surface area contributed by atoms with E-state index < -0.39 is 5.60 Å². The van der Waals surface area contributed by atoms with Gasteiger partial charge in [0.15, 0.2) is 0 Å². The Kier molecular flexibility index (Phi) is 3.44. The van der Waals surface area contributed by atoms with E-state index in [0.29, 0.717) is 6.54 Å². The Morgan fingerprint density at radius 2 is 2.26 bits per heavy atom. The Bertz CT molecular complexity index is 865. The van der Waals surface area contributed by atoms with Gasteiger partial charge in [0.25, 0.3) is 0 Å². The van der Waals surface area contributed by atoms with Gasteiger partial charge >= 0.3 is 0 Å². The lowest BCUT2D eigenvalue weighted by Crippen LogP contribution is -2.49. The number of nitrogens with zero attached hydrogens (tertiary/aromatic N) is 2. The second kappa shape index (κ2) is 5.16. The normalized spacial score (nSPS) is 28.0. The summed E-state index contributed by atoms with van der Waals surface area (Å²) in [5.74, 6) is -0.266. The van der Waals surface area contributed by atoms with Gasteiger partial charge < -0.3 is 5.11 Å². The maximum atomic E-state index is 14.2. The molecular weight excluding hydrogens is 406 g/mol. The van der Waals surface area contributed by atoms with Crippen LogP contribution in [0.3, 0.4) is 0 Å². The molecule has 0 saturated heterocycles. The fraction of sp³-hybridized carbons (Fsp3) is 0.333. The minimum absolute atomic E-state index is 0.232. The predicted octanol–water partition coefficient (Wildman–Crippen LogP) is 3.81. The van der Waals surface area contributed by atoms with E-state index in [1.165, 1.54) is 9.65 Å². The number of hydrogen-bond acceptors (Lipinski definition) is 2. The van der Waals surface area contributed by atoms with Gasteiger partial charge in [0.2, 0.25) is 5.95 Å². The van der Waals surface area contributed by atoms with Gasteiger partial charge in [-0.15, -0.1) is 0 Å². The van der Waals surface area contributed by atoms with Gasteiger partial charge in [-0.2, -0.15) is 4.39 Å². The van der Waals surface area contributed by atoms with Gasteiger partial charge in [0.05, 0.1) is 11.1 Å². The summed E-state index contributed by atoms with van der Waals surface area (Å²) in [6, 6.07) is 6.23. The molecule has 0 spiro atoms. The number of benzene rings is 1. The molecule has 0 unspecified atom stereocenters. The van der Waals surface area contributed by atoms with Gasteiger partial charge in [-0.25, -0.2) is 0 Å². The fourth-order valence-electron chi connectivity index (χ4n) is 4.05. The highest BCUT2D eigenvalue weighted by molar-refractivity contribution is 14.1. The Labute approximate surface area is 148 Å². The molecule has 1 N–H and O–H groups in total. The molecule has 120 valence electrons. The summed E-state index contributed by atoms with van der Waals surface area (Å²) in [6.07, 6.45) is 4.74. The lowest BCUT2D eigenvalue weighted by Gasteiger charge is -2.42. The van der Waals surface area contributed by atoms with Crippen LogP contribution >= 0.6 is 22.6 Å². The van der Waals surface area contributed by atoms with E-state index in [-0.39, 0.29) is 12.0 Å². The van der Waals surface area contributed by atoms with Crippen LogP contribution in [0.25, 0.3) is 22.4 Å². The van der Waals surface area contributed by atoms with Gasteiger partial charge in [-0.05, 0) is 71.8 Å². The molecule has 0 fully saturated rings. The molecule has 0 amide bonds. The number of aromatic nitrogens is 1. The standard InChI is InChI=1S/C18H18FIN2O/c1-18(23)7-13-12-4-3-5-14-17(12)11(6-15(13)21(2)10-18)9-22(14)16(19)8-20/h3-5,7-9,15,23H,6,10H2,1-2H3/b16-8+/t15-,18+/m1/s1. The van der Waals surface area contributed by atoms with Crippen LogP contribution in [0.5, 0.6) is 0 Å². The van der Waals surface area contributed by atoms with Crippen molar-refractivity contribution in [1.29, 1.82) is 0 Å². The molecule has 1 aliphatic carbocycles. The molecule has 5 heteroatoms. The third-order valence-corrected chi connectivity index (χ3v) is 5.39. The van der Waals surface area contributed by atoms with Crippen LogP contribution in [-0.4, -0.2) is 39.8 Å². The second-order valence-corrected chi connectivity index (χ2v) is 7.37. The largest absolute Gasteiger partial charge is 0.385 e. The smallest absolute Gasteiger partial charge is 0.204 e. The summed E-state index contributed by atoms with van der Waals surface area (Å²) in [5.41, 5.74) is 3.48. The van der Waals surface area contributed by atoms with Crippen LogP contribution in [0.4, 0.5) is 4.39 Å². The molecule has 0 saturated carbocycles. The van der Waals surface area contributed by atoms with Crippen molar-refractivity contribution < 1.29 is 9.50 Å². The average Bonchev–Trinajstić information content (AvgIpc) is 2.87. The zero-order valence-electron chi connectivity index (χ0n) is 13.1. The Hall–Kier alpha value is -1.18. The van der Waals surface area contributed by atoms with Crippen molar-refractivity contribution in [3.05, 3.63) is 45.7 Å². The summed E-state index contributed by atoms with van der Waals surface area (Å²) in [7, 11) is 2.04. The summed E-state index contributed by atoms with van der Waals surface area (Å²) < 4.78 is 17.3. The van der Waals surface area contributed by atoms with Crippen molar-refractivity contribution in [2.45, 2.75) is 25.0 Å². The average molecular weight is 424 g/mol. The monoisotopic (exact) mass is 424 g/mol. The van der Waals surface area contributed by atoms with E-state index in [1.54, 1.807) is 4.57 Å². The molecule has 2 aromatic rings. The van der Waals surface area contributed by atoms with Crippen LogP contribution < -0.4 is 0 Å². The van der Waals surface area contributed by atoms with Crippen molar-refractivity contribution in [2.24, 2.45) is 0 Å². The minimum atomic E-state index is -0.837. The van der Waals surface area contributed by atoms with Crippen LogP contribution in [0.1, 0.15) is 18.1 Å². The Balaban J connectivity index is 2.02. The SMILES string of the molecule is CN1C[C@@](C)(O)C=C2c3cccc4c3c(cn4/C(F)=C/I)C[C@H]21. The van der Waals surface area contributed by atoms with E-state index in [9.17, 15) is 9.50 Å². The van der Waals surface area contributed by atoms with Crippen molar-refractivity contribution in [3.63, 3.8) is 0 Å². The summed E-state index contributed by atoms with van der Waals surface area (Å²) in [6.45, 7) is 2.45. The number of β-amino-alcohol motifs (C(OH)–C–C–N with tert-alkyl or cyclic N) is 1. The minimum Gasteiger partial charge on any atom is -0.385 e. The van der Waals surface area contributed by atoms with E-state index in [2.05, 4.69) is 11.0 Å². The molecule has 3 nitrogen and oxygen atoms in total. The van der Waals surface area contributed by atoms with Gasteiger partial charge in [-0.1, -0.05) is 12.1 Å². The zero-order valence-corrected chi connectivity index (χ0v) is 15.2. The van der Waals surface area contributed by atoms with Crippen molar-refractivity contribution >= 4 is 45.0 Å². The predicted molar refractivity (Wildman–Crippen MR) is 100 cm³/mol. The second-order valence-electron chi connectivity index (χ2n) is 6.75. The van der Waals surface area contributed by atoms with E-state index >= 15 is 0 Å². The third-order valence-electron chi connectivity index (χ3n) is 4.88. The van der Waals surface area contributed by atoms with Gasteiger partial charge in [0, 0.05) is 28.3 Å². The molecule has 23 heavy (non-hydrogen) atoms. The fourth-order valence-corrected chi connectivity index (χ4v) is 4.35. The first-order valence-electron chi connectivity index (χ1n) is 7.66. The number of halogens is 2. The number of likely N-dealkylation sites (N-methyl/N-ethyl adjacent to an activating group) is 1. The number of hydrogen-bond donors (Lipinski definition) is 1. The van der Waals surface area contributed by atoms with Crippen LogP contribution in [0, 0.1) is 0 Å². The van der Waals surface area contributed by atoms with Gasteiger partial charge in [-0.3, -0.25) is 9.47 Å². The lowest BCUT2D eigenvalue weighted by molar-refractivity contribution is 0.0543. The lowest BCUT2D eigenvalue weighted by atomic mass is 9.79. The molecular formula is C18H18FIN2O. The number of aliphatic hydroxyl groups is 1. The molecule has 2 atom stereocenters. The first-order chi connectivity index (χ1) is 10.9. The zero-order chi connectivity index (χ0) is 16.4. The summed E-state index contributed by atoms with van der Waals surface area (Å²) >= 11 is 1.93. The van der Waals surface area contributed by atoms with Crippen molar-refractivity contribution in [1.82, 2.24) is 9.47 Å². The maximum absolute atomic E-state index is 14.2. The third kappa shape index (κ3) is 2.28. The highest BCUT2D eigenvalue weighted by Crippen LogP contribution is 2.42. The number of rotatable bonds is 1. The molecule has 0 bridgehead atoms. The molecule has 2 heterocycles. The Morgan fingerprint density at radius 1 is 1.48 bits per heavy atom. The summed E-state index contributed by atoms with van der Waals surface area (Å²) in [5, 5.41) is 11.6. The van der Waals surface area contributed by atoms with E-state index in [1.807, 2.05) is 61.0 Å². The van der Waals surface area contributed by atoms with Crippen LogP contribution in [0.2, 0.25) is 0 Å². The molecule has 2 aliphatic rings. The first-order valence-corrected chi connectivity index (χ1v) is 8.91. The molecule has 1 aromatic heterocycles. The number of fused-ring (bicyclic) bond motifs is 2. The van der Waals surface area contributed by atoms with Crippen molar-refractivity contribution in [2.75, 3.05) is 13.6 Å². The quantitative estimate of drug-likeness (QED) is 0.706. The van der Waals surface area contributed by atoms with Crippen LogP contribution in [0.15, 0.2) is 34.6 Å². The van der Waals surface area contributed by atoms with Crippen LogP contribution in [-0.2, 0) is 6.42 Å². The molecule has 1 aromatic carbocycles.